The fraction of sp³-hybridized carbons (Fsp3) is 0.312. The van der Waals surface area contributed by atoms with E-state index in [-0.39, 0.29) is 37.6 Å². The molecule has 0 saturated heterocycles. The van der Waals surface area contributed by atoms with Crippen LogP contribution < -0.4 is 0 Å². The van der Waals surface area contributed by atoms with E-state index < -0.39 is 0 Å². The van der Waals surface area contributed by atoms with Crippen molar-refractivity contribution < 1.29 is 9.21 Å². The number of fused-ring (bicyclic) bond motifs is 1. The molecule has 1 aromatic carbocycles. The maximum atomic E-state index is 12.6. The molecule has 0 radical (unpaired) electrons. The molecule has 0 aliphatic rings. The number of nitriles is 2. The summed E-state index contributed by atoms with van der Waals surface area (Å²) < 4.78 is 5.64. The van der Waals surface area contributed by atoms with E-state index in [4.69, 9.17) is 26.5 Å². The van der Waals surface area contributed by atoms with Crippen LogP contribution in [-0.2, 0) is 0 Å². The number of para-hydroxylation sites is 1. The molecule has 22 heavy (non-hydrogen) atoms. The van der Waals surface area contributed by atoms with Crippen LogP contribution in [0.5, 0.6) is 0 Å². The van der Waals surface area contributed by atoms with Crippen molar-refractivity contribution in [1.82, 2.24) is 4.90 Å². The van der Waals surface area contributed by atoms with Gasteiger partial charge in [-0.2, -0.15) is 10.5 Å². The van der Waals surface area contributed by atoms with Crippen molar-refractivity contribution in [3.8, 4) is 12.1 Å². The van der Waals surface area contributed by atoms with Crippen LogP contribution in [0.25, 0.3) is 11.0 Å². The van der Waals surface area contributed by atoms with Gasteiger partial charge in [-0.05, 0) is 13.0 Å². The van der Waals surface area contributed by atoms with E-state index in [1.54, 1.807) is 19.1 Å². The second-order valence-corrected chi connectivity index (χ2v) is 5.19. The third-order valence-corrected chi connectivity index (χ3v) is 3.68. The number of hydrogen-bond acceptors (Lipinski definition) is 4. The average molecular weight is 316 g/mol. The number of aryl methyl sites for hydroxylation is 1. The Morgan fingerprint density at radius 1 is 1.27 bits per heavy atom. The van der Waals surface area contributed by atoms with Crippen molar-refractivity contribution in [2.75, 3.05) is 13.1 Å². The van der Waals surface area contributed by atoms with Gasteiger partial charge < -0.3 is 9.32 Å². The molecule has 1 heterocycles. The summed E-state index contributed by atoms with van der Waals surface area (Å²) in [6.45, 7) is 2.32. The van der Waals surface area contributed by atoms with E-state index >= 15 is 0 Å². The number of rotatable bonds is 5. The lowest BCUT2D eigenvalue weighted by molar-refractivity contribution is 0.0732. The highest BCUT2D eigenvalue weighted by Crippen LogP contribution is 2.31. The van der Waals surface area contributed by atoms with Crippen LogP contribution in [0.4, 0.5) is 0 Å². The van der Waals surface area contributed by atoms with Gasteiger partial charge in [-0.1, -0.05) is 23.7 Å². The van der Waals surface area contributed by atoms with E-state index in [0.717, 1.165) is 5.39 Å². The molecule has 5 nitrogen and oxygen atoms in total. The van der Waals surface area contributed by atoms with E-state index in [1.807, 2.05) is 18.2 Å². The number of furan rings is 1. The summed E-state index contributed by atoms with van der Waals surface area (Å²) in [7, 11) is 0. The molecule has 112 valence electrons. The maximum absolute atomic E-state index is 12.6. The fourth-order valence-corrected chi connectivity index (χ4v) is 2.45. The van der Waals surface area contributed by atoms with Gasteiger partial charge in [0.2, 0.25) is 0 Å². The highest BCUT2D eigenvalue weighted by atomic mass is 35.5. The lowest BCUT2D eigenvalue weighted by Crippen LogP contribution is -2.32. The molecule has 0 aliphatic heterocycles. The van der Waals surface area contributed by atoms with E-state index in [1.165, 1.54) is 4.90 Å². The van der Waals surface area contributed by atoms with Crippen molar-refractivity contribution in [2.24, 2.45) is 0 Å². The van der Waals surface area contributed by atoms with Crippen molar-refractivity contribution in [2.45, 2.75) is 19.8 Å². The van der Waals surface area contributed by atoms with Crippen LogP contribution in [0.2, 0.25) is 5.02 Å². The van der Waals surface area contributed by atoms with Crippen LogP contribution in [-0.4, -0.2) is 23.9 Å². The Morgan fingerprint density at radius 2 is 1.91 bits per heavy atom. The topological polar surface area (TPSA) is 81.0 Å². The summed E-state index contributed by atoms with van der Waals surface area (Å²) >= 11 is 6.09. The van der Waals surface area contributed by atoms with Gasteiger partial charge in [-0.3, -0.25) is 4.79 Å². The van der Waals surface area contributed by atoms with Gasteiger partial charge in [0.05, 0.1) is 30.0 Å². The Kier molecular flexibility index (Phi) is 5.04. The van der Waals surface area contributed by atoms with Gasteiger partial charge in [-0.15, -0.1) is 0 Å². The predicted octanol–water partition coefficient (Wildman–Crippen LogP) is 3.66. The molecule has 0 saturated carbocycles. The number of benzene rings is 1. The first kappa shape index (κ1) is 15.9. The van der Waals surface area contributed by atoms with Gasteiger partial charge in [0, 0.05) is 24.0 Å². The summed E-state index contributed by atoms with van der Waals surface area (Å²) in [5.41, 5.74) is 1.19. The Balaban J connectivity index is 2.38. The number of carbonyl (C=O) groups is 1. The summed E-state index contributed by atoms with van der Waals surface area (Å²) in [6, 6.07) is 9.34. The monoisotopic (exact) mass is 315 g/mol. The summed E-state index contributed by atoms with van der Waals surface area (Å²) in [4.78, 5) is 14.1. The highest BCUT2D eigenvalue weighted by Gasteiger charge is 2.23. The molecule has 2 aromatic rings. The van der Waals surface area contributed by atoms with Gasteiger partial charge >= 0.3 is 0 Å². The molecule has 0 unspecified atom stereocenters. The first-order valence-electron chi connectivity index (χ1n) is 6.81. The number of hydrogen-bond donors (Lipinski definition) is 0. The second-order valence-electron chi connectivity index (χ2n) is 4.78. The zero-order valence-electron chi connectivity index (χ0n) is 12.1. The van der Waals surface area contributed by atoms with Crippen LogP contribution in [0.15, 0.2) is 22.6 Å². The molecule has 1 amide bonds. The third kappa shape index (κ3) is 3.05. The lowest BCUT2D eigenvalue weighted by Gasteiger charge is -2.19. The molecule has 0 aliphatic carbocycles. The predicted molar refractivity (Wildman–Crippen MR) is 82.3 cm³/mol. The molecule has 0 atom stereocenters. The molecule has 0 N–H and O–H groups in total. The fourth-order valence-electron chi connectivity index (χ4n) is 2.24. The van der Waals surface area contributed by atoms with Crippen molar-refractivity contribution in [3.63, 3.8) is 0 Å². The number of carbonyl (C=O) groups excluding carboxylic acids is 1. The molecule has 6 heteroatoms. The quantitative estimate of drug-likeness (QED) is 0.843. The van der Waals surface area contributed by atoms with Gasteiger partial charge in [0.25, 0.3) is 5.91 Å². The SMILES string of the molecule is Cc1c(C(=O)N(CCC#N)CCC#N)oc2c(Cl)cccc12. The van der Waals surface area contributed by atoms with E-state index in [0.29, 0.717) is 16.2 Å². The first-order valence-corrected chi connectivity index (χ1v) is 7.18. The van der Waals surface area contributed by atoms with Gasteiger partial charge in [0.1, 0.15) is 0 Å². The largest absolute Gasteiger partial charge is 0.449 e. The summed E-state index contributed by atoms with van der Waals surface area (Å²) in [5.74, 6) is -0.116. The van der Waals surface area contributed by atoms with E-state index in [2.05, 4.69) is 0 Å². The standard InChI is InChI=1S/C16H14ClN3O2/c1-11-12-5-2-6-13(17)15(12)22-14(11)16(21)20(9-3-7-18)10-4-8-19/h2,5-6H,3-4,9-10H2,1H3. The molecule has 1 aromatic heterocycles. The number of amides is 1. The normalized spacial score (nSPS) is 10.2. The Morgan fingerprint density at radius 3 is 2.45 bits per heavy atom. The molecule has 0 fully saturated rings. The zero-order valence-corrected chi connectivity index (χ0v) is 12.9. The van der Waals surface area contributed by atoms with Crippen molar-refractivity contribution >= 4 is 28.5 Å². The molecule has 0 spiro atoms. The third-order valence-electron chi connectivity index (χ3n) is 3.38. The first-order chi connectivity index (χ1) is 10.6. The Labute approximate surface area is 133 Å². The van der Waals surface area contributed by atoms with Crippen molar-refractivity contribution in [3.05, 3.63) is 34.5 Å². The van der Waals surface area contributed by atoms with Crippen molar-refractivity contribution in [1.29, 1.82) is 10.5 Å². The van der Waals surface area contributed by atoms with Gasteiger partial charge in [-0.25, -0.2) is 0 Å². The highest BCUT2D eigenvalue weighted by molar-refractivity contribution is 6.35. The minimum Gasteiger partial charge on any atom is -0.449 e. The van der Waals surface area contributed by atoms with Crippen LogP contribution in [0, 0.1) is 29.6 Å². The summed E-state index contributed by atoms with van der Waals surface area (Å²) in [6.07, 6.45) is 0.411. The Bertz CT molecular complexity index is 765. The van der Waals surface area contributed by atoms with Crippen LogP contribution in [0.1, 0.15) is 29.0 Å². The van der Waals surface area contributed by atoms with Crippen LogP contribution in [0.3, 0.4) is 0 Å². The molecule has 0 bridgehead atoms. The number of nitrogens with zero attached hydrogens (tertiary/aromatic N) is 3. The van der Waals surface area contributed by atoms with Gasteiger partial charge in [0.15, 0.2) is 11.3 Å². The zero-order chi connectivity index (χ0) is 16.1. The van der Waals surface area contributed by atoms with E-state index in [9.17, 15) is 4.79 Å². The molecule has 2 rings (SSSR count). The lowest BCUT2D eigenvalue weighted by atomic mass is 10.1. The molecular formula is C16H14ClN3O2. The summed E-state index contributed by atoms with van der Waals surface area (Å²) in [5, 5.41) is 18.6. The minimum absolute atomic E-state index is 0.206. The smallest absolute Gasteiger partial charge is 0.289 e. The molecular weight excluding hydrogens is 302 g/mol. The maximum Gasteiger partial charge on any atom is 0.289 e. The second kappa shape index (κ2) is 6.98. The Hall–Kier alpha value is -2.50. The number of halogens is 1. The van der Waals surface area contributed by atoms with Crippen LogP contribution >= 0.6 is 11.6 Å². The minimum atomic E-state index is -0.324. The average Bonchev–Trinajstić information content (AvgIpc) is 2.86.